The molecule has 0 radical (unpaired) electrons. The van der Waals surface area contributed by atoms with E-state index in [4.69, 9.17) is 5.73 Å². The maximum absolute atomic E-state index is 12.2. The molecule has 2 N–H and O–H groups in total. The summed E-state index contributed by atoms with van der Waals surface area (Å²) in [6.07, 6.45) is -3.19. The molecule has 0 unspecified atom stereocenters. The van der Waals surface area contributed by atoms with Gasteiger partial charge in [0.25, 0.3) is 0 Å². The number of amides is 1. The van der Waals surface area contributed by atoms with Crippen molar-refractivity contribution in [1.29, 1.82) is 0 Å². The first-order valence-electron chi connectivity index (χ1n) is 5.36. The summed E-state index contributed by atoms with van der Waals surface area (Å²) in [4.78, 5) is 16.3. The monoisotopic (exact) mass is 261 g/mol. The lowest BCUT2D eigenvalue weighted by Crippen LogP contribution is -2.39. The van der Waals surface area contributed by atoms with Gasteiger partial charge in [0.15, 0.2) is 0 Å². The molecular formula is C11H14F3N3O. The van der Waals surface area contributed by atoms with Gasteiger partial charge in [0.1, 0.15) is 6.54 Å². The number of nitrogens with two attached hydrogens (primary N) is 1. The van der Waals surface area contributed by atoms with Gasteiger partial charge in [-0.25, -0.2) is 0 Å². The number of aromatic nitrogens is 1. The lowest BCUT2D eigenvalue weighted by atomic mass is 10.2. The zero-order valence-electron chi connectivity index (χ0n) is 9.87. The number of nitrogen functional groups attached to an aromatic ring is 1. The molecule has 0 aromatic carbocycles. The van der Waals surface area contributed by atoms with Gasteiger partial charge >= 0.3 is 6.18 Å². The average molecular weight is 261 g/mol. The van der Waals surface area contributed by atoms with Crippen LogP contribution in [0.5, 0.6) is 0 Å². The normalized spacial score (nSPS) is 11.3. The van der Waals surface area contributed by atoms with Gasteiger partial charge in [-0.15, -0.1) is 0 Å². The Kier molecular flexibility index (Phi) is 4.52. The van der Waals surface area contributed by atoms with Crippen LogP contribution in [0, 0.1) is 0 Å². The van der Waals surface area contributed by atoms with Gasteiger partial charge in [-0.1, -0.05) is 0 Å². The molecule has 0 saturated heterocycles. The van der Waals surface area contributed by atoms with Crippen LogP contribution in [0.25, 0.3) is 0 Å². The minimum Gasteiger partial charge on any atom is -0.397 e. The Labute approximate surface area is 103 Å². The van der Waals surface area contributed by atoms with Crippen LogP contribution in [0.1, 0.15) is 12.6 Å². The van der Waals surface area contributed by atoms with Gasteiger partial charge in [-0.2, -0.15) is 13.2 Å². The predicted octanol–water partition coefficient (Wildman–Crippen LogP) is 1.62. The van der Waals surface area contributed by atoms with Crippen LogP contribution in [0.4, 0.5) is 18.9 Å². The Balaban J connectivity index is 2.65. The van der Waals surface area contributed by atoms with Crippen molar-refractivity contribution in [1.82, 2.24) is 9.88 Å². The molecule has 0 saturated carbocycles. The summed E-state index contributed by atoms with van der Waals surface area (Å²) in [6, 6.07) is 3.07. The summed E-state index contributed by atoms with van der Waals surface area (Å²) in [5.74, 6) is -0.605. The molecule has 1 aromatic rings. The van der Waals surface area contributed by atoms with E-state index in [9.17, 15) is 18.0 Å². The lowest BCUT2D eigenvalue weighted by molar-refractivity contribution is -0.160. The molecule has 0 fully saturated rings. The number of carbonyl (C=O) groups excluding carboxylic acids is 1. The number of rotatable bonds is 4. The first kappa shape index (κ1) is 14.3. The van der Waals surface area contributed by atoms with Crippen molar-refractivity contribution in [3.8, 4) is 0 Å². The fourth-order valence-electron chi connectivity index (χ4n) is 1.40. The molecule has 7 heteroatoms. The SMILES string of the molecule is CCN(CC(F)(F)F)C(=O)Cc1ccc(N)cn1. The second-order valence-electron chi connectivity index (χ2n) is 3.78. The van der Waals surface area contributed by atoms with E-state index in [1.54, 1.807) is 6.07 Å². The molecule has 0 aliphatic heterocycles. The molecular weight excluding hydrogens is 247 g/mol. The third kappa shape index (κ3) is 4.60. The number of likely N-dealkylation sites (N-methyl/N-ethyl adjacent to an activating group) is 1. The Hall–Kier alpha value is -1.79. The summed E-state index contributed by atoms with van der Waals surface area (Å²) in [5.41, 5.74) is 6.26. The summed E-state index contributed by atoms with van der Waals surface area (Å²) in [6.45, 7) is 0.269. The third-order valence-electron chi connectivity index (χ3n) is 2.28. The number of hydrogen-bond acceptors (Lipinski definition) is 3. The Morgan fingerprint density at radius 3 is 2.56 bits per heavy atom. The second-order valence-corrected chi connectivity index (χ2v) is 3.78. The summed E-state index contributed by atoms with van der Waals surface area (Å²) in [5, 5.41) is 0. The van der Waals surface area contributed by atoms with E-state index in [2.05, 4.69) is 4.98 Å². The largest absolute Gasteiger partial charge is 0.406 e. The van der Waals surface area contributed by atoms with Crippen molar-refractivity contribution in [2.45, 2.75) is 19.5 Å². The van der Waals surface area contributed by atoms with Crippen molar-refractivity contribution in [2.75, 3.05) is 18.8 Å². The van der Waals surface area contributed by atoms with E-state index in [1.165, 1.54) is 19.2 Å². The minimum atomic E-state index is -4.39. The molecule has 1 amide bonds. The third-order valence-corrected chi connectivity index (χ3v) is 2.28. The highest BCUT2D eigenvalue weighted by molar-refractivity contribution is 5.78. The molecule has 100 valence electrons. The molecule has 0 spiro atoms. The predicted molar refractivity (Wildman–Crippen MR) is 60.7 cm³/mol. The summed E-state index contributed by atoms with van der Waals surface area (Å²) in [7, 11) is 0. The molecule has 0 aliphatic rings. The van der Waals surface area contributed by atoms with Crippen LogP contribution in [0.15, 0.2) is 18.3 Å². The first-order valence-corrected chi connectivity index (χ1v) is 5.36. The molecule has 0 aliphatic carbocycles. The van der Waals surface area contributed by atoms with Gasteiger partial charge < -0.3 is 10.6 Å². The Morgan fingerprint density at radius 1 is 1.44 bits per heavy atom. The van der Waals surface area contributed by atoms with Crippen molar-refractivity contribution < 1.29 is 18.0 Å². The van der Waals surface area contributed by atoms with E-state index in [1.807, 2.05) is 0 Å². The van der Waals surface area contributed by atoms with Crippen LogP contribution < -0.4 is 5.73 Å². The first-order chi connectivity index (χ1) is 8.31. The Bertz CT molecular complexity index is 403. The maximum Gasteiger partial charge on any atom is 0.406 e. The highest BCUT2D eigenvalue weighted by atomic mass is 19.4. The minimum absolute atomic E-state index is 0.00726. The number of halogens is 3. The van der Waals surface area contributed by atoms with Gasteiger partial charge in [0.2, 0.25) is 5.91 Å². The fraction of sp³-hybridized carbons (Fsp3) is 0.455. The second kappa shape index (κ2) is 5.70. The molecule has 18 heavy (non-hydrogen) atoms. The van der Waals surface area contributed by atoms with Gasteiger partial charge in [0.05, 0.1) is 18.3 Å². The fourth-order valence-corrected chi connectivity index (χ4v) is 1.40. The van der Waals surface area contributed by atoms with Crippen LogP contribution in [0.2, 0.25) is 0 Å². The standard InChI is InChI=1S/C11H14F3N3O/c1-2-17(7-11(12,13)14)10(18)5-9-4-3-8(15)6-16-9/h3-4,6H,2,5,7,15H2,1H3. The van der Waals surface area contributed by atoms with Crippen molar-refractivity contribution >= 4 is 11.6 Å². The quantitative estimate of drug-likeness (QED) is 0.895. The van der Waals surface area contributed by atoms with Crippen LogP contribution >= 0.6 is 0 Å². The summed E-state index contributed by atoms with van der Waals surface area (Å²) < 4.78 is 36.7. The zero-order valence-corrected chi connectivity index (χ0v) is 9.87. The highest BCUT2D eigenvalue weighted by Gasteiger charge is 2.32. The van der Waals surface area contributed by atoms with Gasteiger partial charge in [0, 0.05) is 12.2 Å². The van der Waals surface area contributed by atoms with Crippen LogP contribution in [0.3, 0.4) is 0 Å². The van der Waals surface area contributed by atoms with Crippen molar-refractivity contribution in [3.05, 3.63) is 24.0 Å². The highest BCUT2D eigenvalue weighted by Crippen LogP contribution is 2.17. The smallest absolute Gasteiger partial charge is 0.397 e. The molecule has 0 atom stereocenters. The number of hydrogen-bond donors (Lipinski definition) is 1. The van der Waals surface area contributed by atoms with E-state index < -0.39 is 18.6 Å². The van der Waals surface area contributed by atoms with E-state index in [0.717, 1.165) is 4.90 Å². The lowest BCUT2D eigenvalue weighted by Gasteiger charge is -2.22. The molecule has 1 heterocycles. The zero-order chi connectivity index (χ0) is 13.8. The van der Waals surface area contributed by atoms with E-state index in [0.29, 0.717) is 11.4 Å². The number of carbonyl (C=O) groups is 1. The van der Waals surface area contributed by atoms with Crippen LogP contribution in [-0.2, 0) is 11.2 Å². The van der Waals surface area contributed by atoms with Crippen molar-refractivity contribution in [2.24, 2.45) is 0 Å². The maximum atomic E-state index is 12.2. The van der Waals surface area contributed by atoms with Gasteiger partial charge in [-0.05, 0) is 19.1 Å². The molecule has 1 rings (SSSR count). The van der Waals surface area contributed by atoms with Gasteiger partial charge in [-0.3, -0.25) is 9.78 Å². The van der Waals surface area contributed by atoms with E-state index in [-0.39, 0.29) is 13.0 Å². The summed E-state index contributed by atoms with van der Waals surface area (Å²) >= 11 is 0. The molecule has 1 aromatic heterocycles. The Morgan fingerprint density at radius 2 is 2.11 bits per heavy atom. The number of nitrogens with zero attached hydrogens (tertiary/aromatic N) is 2. The number of alkyl halides is 3. The number of anilines is 1. The molecule has 0 bridgehead atoms. The molecule has 4 nitrogen and oxygen atoms in total. The van der Waals surface area contributed by atoms with Crippen LogP contribution in [-0.4, -0.2) is 35.1 Å². The average Bonchev–Trinajstić information content (AvgIpc) is 2.27. The van der Waals surface area contributed by atoms with Crippen molar-refractivity contribution in [3.63, 3.8) is 0 Å². The topological polar surface area (TPSA) is 59.2 Å². The number of pyridine rings is 1. The van der Waals surface area contributed by atoms with E-state index >= 15 is 0 Å².